The summed E-state index contributed by atoms with van der Waals surface area (Å²) in [5.41, 5.74) is 5.97. The molecular formula is C16H20N4. The van der Waals surface area contributed by atoms with Crippen molar-refractivity contribution in [3.8, 4) is 0 Å². The summed E-state index contributed by atoms with van der Waals surface area (Å²) in [5, 5.41) is 6.85. The minimum Gasteiger partial charge on any atom is -0.340 e. The molecule has 2 heterocycles. The standard InChI is InChI=1S/C16H20N4/c1-10-6-11(2)8-13(7-10)20-16-14-9-17-5-4-15(14)18-12(3)19-16/h6-8,17H,4-5,9H2,1-3H3,(H,18,19,20). The third-order valence-corrected chi connectivity index (χ3v) is 3.53. The molecule has 0 fully saturated rings. The van der Waals surface area contributed by atoms with E-state index >= 15 is 0 Å². The van der Waals surface area contributed by atoms with E-state index in [1.807, 2.05) is 6.92 Å². The summed E-state index contributed by atoms with van der Waals surface area (Å²) in [4.78, 5) is 9.14. The van der Waals surface area contributed by atoms with Gasteiger partial charge in [-0.25, -0.2) is 9.97 Å². The van der Waals surface area contributed by atoms with Crippen LogP contribution < -0.4 is 10.6 Å². The first-order valence-electron chi connectivity index (χ1n) is 7.04. The highest BCUT2D eigenvalue weighted by atomic mass is 15.1. The van der Waals surface area contributed by atoms with Crippen molar-refractivity contribution in [3.05, 3.63) is 46.4 Å². The molecule has 2 N–H and O–H groups in total. The molecule has 4 heteroatoms. The van der Waals surface area contributed by atoms with E-state index in [1.165, 1.54) is 22.4 Å². The average molecular weight is 268 g/mol. The molecule has 0 saturated heterocycles. The molecule has 0 aliphatic carbocycles. The number of aryl methyl sites for hydroxylation is 3. The minimum absolute atomic E-state index is 0.831. The largest absolute Gasteiger partial charge is 0.340 e. The van der Waals surface area contributed by atoms with Gasteiger partial charge in [0.2, 0.25) is 0 Å². The normalized spacial score (nSPS) is 13.9. The van der Waals surface area contributed by atoms with Crippen LogP contribution in [0.5, 0.6) is 0 Å². The Hall–Kier alpha value is -1.94. The van der Waals surface area contributed by atoms with Crippen LogP contribution in [0.1, 0.15) is 28.2 Å². The molecule has 0 saturated carbocycles. The topological polar surface area (TPSA) is 49.8 Å². The number of aromatic nitrogens is 2. The molecule has 1 aliphatic rings. The van der Waals surface area contributed by atoms with Crippen LogP contribution in [0.3, 0.4) is 0 Å². The van der Waals surface area contributed by atoms with Gasteiger partial charge in [0.15, 0.2) is 0 Å². The van der Waals surface area contributed by atoms with Crippen LogP contribution >= 0.6 is 0 Å². The van der Waals surface area contributed by atoms with Gasteiger partial charge in [-0.1, -0.05) is 6.07 Å². The van der Waals surface area contributed by atoms with Crippen LogP contribution in [0.15, 0.2) is 18.2 Å². The Morgan fingerprint density at radius 2 is 1.80 bits per heavy atom. The van der Waals surface area contributed by atoms with Crippen LogP contribution in [-0.4, -0.2) is 16.5 Å². The van der Waals surface area contributed by atoms with Crippen molar-refractivity contribution in [3.63, 3.8) is 0 Å². The molecule has 0 atom stereocenters. The molecular weight excluding hydrogens is 248 g/mol. The molecule has 0 amide bonds. The van der Waals surface area contributed by atoms with Crippen LogP contribution in [-0.2, 0) is 13.0 Å². The van der Waals surface area contributed by atoms with E-state index in [-0.39, 0.29) is 0 Å². The zero-order valence-corrected chi connectivity index (χ0v) is 12.2. The number of rotatable bonds is 2. The van der Waals surface area contributed by atoms with Crippen molar-refractivity contribution >= 4 is 11.5 Å². The highest BCUT2D eigenvalue weighted by molar-refractivity contribution is 5.62. The summed E-state index contributed by atoms with van der Waals surface area (Å²) < 4.78 is 0. The highest BCUT2D eigenvalue weighted by Crippen LogP contribution is 2.24. The van der Waals surface area contributed by atoms with Gasteiger partial charge in [-0.3, -0.25) is 0 Å². The highest BCUT2D eigenvalue weighted by Gasteiger charge is 2.16. The predicted octanol–water partition coefficient (Wildman–Crippen LogP) is 2.79. The van der Waals surface area contributed by atoms with Gasteiger partial charge in [-0.15, -0.1) is 0 Å². The molecule has 1 aliphatic heterocycles. The molecule has 0 bridgehead atoms. The van der Waals surface area contributed by atoms with E-state index in [2.05, 4.69) is 52.6 Å². The Bertz CT molecular complexity index is 629. The quantitative estimate of drug-likeness (QED) is 0.879. The second-order valence-corrected chi connectivity index (χ2v) is 5.47. The molecule has 3 rings (SSSR count). The Kier molecular flexibility index (Phi) is 3.40. The fourth-order valence-electron chi connectivity index (χ4n) is 2.75. The lowest BCUT2D eigenvalue weighted by atomic mass is 10.1. The first-order valence-corrected chi connectivity index (χ1v) is 7.04. The smallest absolute Gasteiger partial charge is 0.138 e. The zero-order valence-electron chi connectivity index (χ0n) is 12.2. The zero-order chi connectivity index (χ0) is 14.1. The van der Waals surface area contributed by atoms with Crippen molar-refractivity contribution in [1.29, 1.82) is 0 Å². The molecule has 104 valence electrons. The van der Waals surface area contributed by atoms with Gasteiger partial charge in [0, 0.05) is 30.8 Å². The number of hydrogen-bond donors (Lipinski definition) is 2. The maximum absolute atomic E-state index is 4.58. The summed E-state index contributed by atoms with van der Waals surface area (Å²) in [6, 6.07) is 6.47. The van der Waals surface area contributed by atoms with Crippen molar-refractivity contribution in [2.45, 2.75) is 33.7 Å². The fraction of sp³-hybridized carbons (Fsp3) is 0.375. The van der Waals surface area contributed by atoms with Crippen molar-refractivity contribution in [2.24, 2.45) is 0 Å². The average Bonchev–Trinajstić information content (AvgIpc) is 2.37. The summed E-state index contributed by atoms with van der Waals surface area (Å²) in [6.07, 6.45) is 0.972. The van der Waals surface area contributed by atoms with Crippen molar-refractivity contribution in [1.82, 2.24) is 15.3 Å². The predicted molar refractivity (Wildman–Crippen MR) is 81.4 cm³/mol. The monoisotopic (exact) mass is 268 g/mol. The summed E-state index contributed by atoms with van der Waals surface area (Å²) in [7, 11) is 0. The third kappa shape index (κ3) is 2.65. The molecule has 1 aromatic carbocycles. The summed E-state index contributed by atoms with van der Waals surface area (Å²) in [6.45, 7) is 8.00. The molecule has 20 heavy (non-hydrogen) atoms. The molecule has 0 unspecified atom stereocenters. The van der Waals surface area contributed by atoms with E-state index in [0.717, 1.165) is 36.8 Å². The number of nitrogens with zero attached hydrogens (tertiary/aromatic N) is 2. The Balaban J connectivity index is 1.99. The number of benzene rings is 1. The maximum Gasteiger partial charge on any atom is 0.138 e. The van der Waals surface area contributed by atoms with E-state index in [4.69, 9.17) is 0 Å². The number of fused-ring (bicyclic) bond motifs is 1. The van der Waals surface area contributed by atoms with Gasteiger partial charge in [-0.2, -0.15) is 0 Å². The Labute approximate surface area is 119 Å². The Morgan fingerprint density at radius 1 is 1.05 bits per heavy atom. The summed E-state index contributed by atoms with van der Waals surface area (Å²) >= 11 is 0. The van der Waals surface area contributed by atoms with E-state index in [9.17, 15) is 0 Å². The number of nitrogens with one attached hydrogen (secondary N) is 2. The third-order valence-electron chi connectivity index (χ3n) is 3.53. The van der Waals surface area contributed by atoms with Crippen LogP contribution in [0.25, 0.3) is 0 Å². The van der Waals surface area contributed by atoms with Crippen LogP contribution in [0.4, 0.5) is 11.5 Å². The molecule has 1 aromatic heterocycles. The minimum atomic E-state index is 0.831. The first kappa shape index (κ1) is 13.1. The van der Waals surface area contributed by atoms with Gasteiger partial charge in [0.25, 0.3) is 0 Å². The number of anilines is 2. The van der Waals surface area contributed by atoms with Crippen LogP contribution in [0, 0.1) is 20.8 Å². The molecule has 0 radical (unpaired) electrons. The van der Waals surface area contributed by atoms with E-state index < -0.39 is 0 Å². The first-order chi connectivity index (χ1) is 9.61. The molecule has 4 nitrogen and oxygen atoms in total. The second kappa shape index (κ2) is 5.21. The second-order valence-electron chi connectivity index (χ2n) is 5.47. The van der Waals surface area contributed by atoms with Gasteiger partial charge >= 0.3 is 0 Å². The Morgan fingerprint density at radius 3 is 2.55 bits per heavy atom. The van der Waals surface area contributed by atoms with Crippen molar-refractivity contribution < 1.29 is 0 Å². The van der Waals surface area contributed by atoms with Crippen molar-refractivity contribution in [2.75, 3.05) is 11.9 Å². The fourth-order valence-corrected chi connectivity index (χ4v) is 2.75. The number of hydrogen-bond acceptors (Lipinski definition) is 4. The SMILES string of the molecule is Cc1cc(C)cc(Nc2nc(C)nc3c2CNCC3)c1. The lowest BCUT2D eigenvalue weighted by Crippen LogP contribution is -2.26. The summed E-state index contributed by atoms with van der Waals surface area (Å²) in [5.74, 6) is 1.77. The van der Waals surface area contributed by atoms with E-state index in [1.54, 1.807) is 0 Å². The van der Waals surface area contributed by atoms with Gasteiger partial charge in [0.05, 0.1) is 5.69 Å². The lowest BCUT2D eigenvalue weighted by Gasteiger charge is -2.20. The van der Waals surface area contributed by atoms with Gasteiger partial charge < -0.3 is 10.6 Å². The van der Waals surface area contributed by atoms with Gasteiger partial charge in [0.1, 0.15) is 11.6 Å². The van der Waals surface area contributed by atoms with E-state index in [0.29, 0.717) is 0 Å². The van der Waals surface area contributed by atoms with Gasteiger partial charge in [-0.05, 0) is 44.0 Å². The van der Waals surface area contributed by atoms with Crippen LogP contribution in [0.2, 0.25) is 0 Å². The molecule has 0 spiro atoms. The lowest BCUT2D eigenvalue weighted by molar-refractivity contribution is 0.625. The maximum atomic E-state index is 4.58. The molecule has 2 aromatic rings.